The molecule has 0 saturated carbocycles. The minimum atomic E-state index is -0.609. The molecule has 0 aliphatic carbocycles. The van der Waals surface area contributed by atoms with Gasteiger partial charge in [0.2, 0.25) is 11.8 Å². The molecule has 0 spiro atoms. The Morgan fingerprint density at radius 3 is 2.40 bits per heavy atom. The summed E-state index contributed by atoms with van der Waals surface area (Å²) in [6.45, 7) is 2.95. The maximum absolute atomic E-state index is 13.6. The number of nitrogens with one attached hydrogen (secondary N) is 1. The Hall–Kier alpha value is -2.28. The Balaban J connectivity index is 1.83. The fourth-order valence-corrected chi connectivity index (χ4v) is 5.24. The third-order valence-corrected chi connectivity index (χ3v) is 7.16. The SMILES string of the molecule is CCCNC(=O)C(Cc1ccccc1)N(Cc1cccc(Br)c1)C(=O)CSCc1cccc(Cl)c1. The van der Waals surface area contributed by atoms with Crippen LogP contribution in [0.1, 0.15) is 30.0 Å². The lowest BCUT2D eigenvalue weighted by Crippen LogP contribution is -2.51. The van der Waals surface area contributed by atoms with Crippen molar-refractivity contribution in [3.8, 4) is 0 Å². The Kier molecular flexibility index (Phi) is 11.2. The summed E-state index contributed by atoms with van der Waals surface area (Å²) >= 11 is 11.1. The summed E-state index contributed by atoms with van der Waals surface area (Å²) in [5.74, 6) is 0.749. The molecule has 1 unspecified atom stereocenters. The highest BCUT2D eigenvalue weighted by atomic mass is 79.9. The molecule has 3 aromatic carbocycles. The van der Waals surface area contributed by atoms with E-state index >= 15 is 0 Å². The zero-order valence-corrected chi connectivity index (χ0v) is 22.9. The lowest BCUT2D eigenvalue weighted by molar-refractivity contribution is -0.139. The molecule has 184 valence electrons. The standard InChI is InChI=1S/C28H30BrClN2O2S/c1-2-14-31-28(34)26(17-21-8-4-3-5-9-21)32(18-22-10-6-12-24(29)15-22)27(33)20-35-19-23-11-7-13-25(30)16-23/h3-13,15-16,26H,2,14,17-20H2,1H3,(H,31,34). The summed E-state index contributed by atoms with van der Waals surface area (Å²) in [5, 5.41) is 3.69. The smallest absolute Gasteiger partial charge is 0.243 e. The predicted octanol–water partition coefficient (Wildman–Crippen LogP) is 6.50. The second kappa shape index (κ2) is 14.3. The second-order valence-corrected chi connectivity index (χ2v) is 10.6. The molecule has 1 N–H and O–H groups in total. The van der Waals surface area contributed by atoms with E-state index in [9.17, 15) is 9.59 Å². The minimum absolute atomic E-state index is 0.0652. The van der Waals surface area contributed by atoms with Gasteiger partial charge in [-0.1, -0.05) is 89.1 Å². The fraction of sp³-hybridized carbons (Fsp3) is 0.286. The monoisotopic (exact) mass is 572 g/mol. The van der Waals surface area contributed by atoms with E-state index in [0.29, 0.717) is 30.3 Å². The molecule has 2 amide bonds. The highest BCUT2D eigenvalue weighted by Gasteiger charge is 2.30. The minimum Gasteiger partial charge on any atom is -0.354 e. The normalized spacial score (nSPS) is 11.6. The average molecular weight is 574 g/mol. The zero-order valence-electron chi connectivity index (χ0n) is 19.8. The van der Waals surface area contributed by atoms with Crippen LogP contribution in [0.15, 0.2) is 83.3 Å². The molecule has 0 aliphatic heterocycles. The van der Waals surface area contributed by atoms with Gasteiger partial charge in [-0.25, -0.2) is 0 Å². The maximum Gasteiger partial charge on any atom is 0.243 e. The van der Waals surface area contributed by atoms with Gasteiger partial charge >= 0.3 is 0 Å². The van der Waals surface area contributed by atoms with E-state index in [-0.39, 0.29) is 17.6 Å². The van der Waals surface area contributed by atoms with Crippen LogP contribution in [0.2, 0.25) is 5.02 Å². The Morgan fingerprint density at radius 1 is 0.971 bits per heavy atom. The summed E-state index contributed by atoms with van der Waals surface area (Å²) in [7, 11) is 0. The predicted molar refractivity (Wildman–Crippen MR) is 150 cm³/mol. The molecule has 0 aliphatic rings. The number of amides is 2. The third-order valence-electron chi connectivity index (χ3n) is 5.45. The van der Waals surface area contributed by atoms with Gasteiger partial charge in [0.25, 0.3) is 0 Å². The van der Waals surface area contributed by atoms with E-state index in [1.165, 1.54) is 11.8 Å². The summed E-state index contributed by atoms with van der Waals surface area (Å²) in [4.78, 5) is 28.6. The molecule has 7 heteroatoms. The van der Waals surface area contributed by atoms with Crippen molar-refractivity contribution in [2.75, 3.05) is 12.3 Å². The van der Waals surface area contributed by atoms with Crippen molar-refractivity contribution >= 4 is 51.1 Å². The number of hydrogen-bond acceptors (Lipinski definition) is 3. The number of nitrogens with zero attached hydrogens (tertiary/aromatic N) is 1. The summed E-state index contributed by atoms with van der Waals surface area (Å²) in [5.41, 5.74) is 3.05. The van der Waals surface area contributed by atoms with Crippen LogP contribution in [0.4, 0.5) is 0 Å². The Labute approximate surface area is 225 Å². The highest BCUT2D eigenvalue weighted by Crippen LogP contribution is 2.21. The summed E-state index contributed by atoms with van der Waals surface area (Å²) < 4.78 is 0.938. The van der Waals surface area contributed by atoms with Gasteiger partial charge in [0.1, 0.15) is 6.04 Å². The first-order valence-electron chi connectivity index (χ1n) is 11.6. The van der Waals surface area contributed by atoms with E-state index in [1.54, 1.807) is 4.90 Å². The molecule has 3 aromatic rings. The van der Waals surface area contributed by atoms with Gasteiger partial charge in [-0.2, -0.15) is 0 Å². The van der Waals surface area contributed by atoms with Crippen LogP contribution in [-0.2, 0) is 28.3 Å². The van der Waals surface area contributed by atoms with E-state index in [1.807, 2.05) is 85.8 Å². The van der Waals surface area contributed by atoms with Gasteiger partial charge in [-0.15, -0.1) is 11.8 Å². The first-order chi connectivity index (χ1) is 17.0. The van der Waals surface area contributed by atoms with Crippen LogP contribution >= 0.6 is 39.3 Å². The molecule has 0 heterocycles. The van der Waals surface area contributed by atoms with Crippen LogP contribution in [0, 0.1) is 0 Å². The van der Waals surface area contributed by atoms with Gasteiger partial charge in [0.05, 0.1) is 5.75 Å². The van der Waals surface area contributed by atoms with E-state index in [0.717, 1.165) is 27.6 Å². The lowest BCUT2D eigenvalue weighted by atomic mass is 10.0. The average Bonchev–Trinajstić information content (AvgIpc) is 2.85. The number of thioether (sulfide) groups is 1. The summed E-state index contributed by atoms with van der Waals surface area (Å²) in [6, 6.07) is 24.8. The van der Waals surface area contributed by atoms with Gasteiger partial charge in [-0.3, -0.25) is 9.59 Å². The van der Waals surface area contributed by atoms with Gasteiger partial charge in [0, 0.05) is 34.8 Å². The van der Waals surface area contributed by atoms with Crippen molar-refractivity contribution in [2.24, 2.45) is 0 Å². The number of carbonyl (C=O) groups excluding carboxylic acids is 2. The molecule has 0 fully saturated rings. The second-order valence-electron chi connectivity index (χ2n) is 8.27. The molecule has 3 rings (SSSR count). The molecule has 0 bridgehead atoms. The zero-order chi connectivity index (χ0) is 25.0. The quantitative estimate of drug-likeness (QED) is 0.269. The number of benzene rings is 3. The van der Waals surface area contributed by atoms with E-state index < -0.39 is 6.04 Å². The molecular weight excluding hydrogens is 544 g/mol. The Bertz CT molecular complexity index is 1110. The van der Waals surface area contributed by atoms with E-state index in [2.05, 4.69) is 21.2 Å². The van der Waals surface area contributed by atoms with Crippen molar-refractivity contribution in [1.82, 2.24) is 10.2 Å². The number of rotatable bonds is 12. The fourth-order valence-electron chi connectivity index (χ4n) is 3.72. The van der Waals surface area contributed by atoms with Gasteiger partial charge < -0.3 is 10.2 Å². The van der Waals surface area contributed by atoms with Crippen molar-refractivity contribution in [3.05, 3.63) is 105 Å². The first kappa shape index (κ1) is 27.3. The van der Waals surface area contributed by atoms with Crippen LogP contribution in [-0.4, -0.2) is 35.1 Å². The molecule has 0 radical (unpaired) electrons. The number of hydrogen-bond donors (Lipinski definition) is 1. The maximum atomic E-state index is 13.6. The third kappa shape index (κ3) is 9.02. The molecule has 0 saturated heterocycles. The van der Waals surface area contributed by atoms with Crippen LogP contribution < -0.4 is 5.32 Å². The largest absolute Gasteiger partial charge is 0.354 e. The molecular formula is C28H30BrClN2O2S. The molecule has 35 heavy (non-hydrogen) atoms. The molecule has 4 nitrogen and oxygen atoms in total. The molecule has 1 atom stereocenters. The first-order valence-corrected chi connectivity index (χ1v) is 14.0. The summed E-state index contributed by atoms with van der Waals surface area (Å²) in [6.07, 6.45) is 1.29. The number of carbonyl (C=O) groups is 2. The van der Waals surface area contributed by atoms with Crippen LogP contribution in [0.3, 0.4) is 0 Å². The number of halogens is 2. The lowest BCUT2D eigenvalue weighted by Gasteiger charge is -2.31. The van der Waals surface area contributed by atoms with E-state index in [4.69, 9.17) is 11.6 Å². The van der Waals surface area contributed by atoms with Gasteiger partial charge in [0.15, 0.2) is 0 Å². The van der Waals surface area contributed by atoms with Gasteiger partial charge in [-0.05, 0) is 47.4 Å². The topological polar surface area (TPSA) is 49.4 Å². The van der Waals surface area contributed by atoms with Crippen molar-refractivity contribution in [1.29, 1.82) is 0 Å². The Morgan fingerprint density at radius 2 is 1.69 bits per heavy atom. The highest BCUT2D eigenvalue weighted by molar-refractivity contribution is 9.10. The molecule has 0 aromatic heterocycles. The van der Waals surface area contributed by atoms with Crippen molar-refractivity contribution in [2.45, 2.75) is 38.1 Å². The van der Waals surface area contributed by atoms with Crippen LogP contribution in [0.25, 0.3) is 0 Å². The van der Waals surface area contributed by atoms with Crippen LogP contribution in [0.5, 0.6) is 0 Å². The van der Waals surface area contributed by atoms with Crippen molar-refractivity contribution in [3.63, 3.8) is 0 Å². The van der Waals surface area contributed by atoms with Crippen molar-refractivity contribution < 1.29 is 9.59 Å².